The molecule has 138 valence electrons. The second-order valence-corrected chi connectivity index (χ2v) is 6.10. The Labute approximate surface area is 144 Å². The number of carbonyl (C=O) groups excluding carboxylic acids is 2. The van der Waals surface area contributed by atoms with Crippen LogP contribution in [0.15, 0.2) is 24.3 Å². The molecule has 2 amide bonds. The van der Waals surface area contributed by atoms with Crippen LogP contribution in [-0.2, 0) is 16.0 Å². The number of rotatable bonds is 4. The molecular formula is C17H21F3N2O3. The van der Waals surface area contributed by atoms with Crippen LogP contribution < -0.4 is 10.1 Å². The summed E-state index contributed by atoms with van der Waals surface area (Å²) >= 11 is 0. The van der Waals surface area contributed by atoms with Crippen molar-refractivity contribution in [3.8, 4) is 5.75 Å². The molecule has 0 saturated carbocycles. The van der Waals surface area contributed by atoms with Gasteiger partial charge in [-0.2, -0.15) is 13.2 Å². The molecule has 1 N–H and O–H groups in total. The van der Waals surface area contributed by atoms with Gasteiger partial charge in [-0.15, -0.1) is 0 Å². The number of benzene rings is 1. The Kier molecular flexibility index (Phi) is 5.92. The molecule has 1 fully saturated rings. The fraction of sp³-hybridized carbons (Fsp3) is 0.529. The minimum absolute atomic E-state index is 0.136. The summed E-state index contributed by atoms with van der Waals surface area (Å²) < 4.78 is 44.9. The smallest absolute Gasteiger partial charge is 0.408 e. The summed E-state index contributed by atoms with van der Waals surface area (Å²) in [6.07, 6.45) is -4.65. The molecule has 1 heterocycles. The number of hydrogen-bond acceptors (Lipinski definition) is 3. The van der Waals surface area contributed by atoms with Crippen LogP contribution in [-0.4, -0.2) is 48.6 Å². The van der Waals surface area contributed by atoms with E-state index < -0.39 is 24.2 Å². The standard InChI is InChI=1S/C17H21F3N2O3/c1-11(23)21-13-5-8-15(17(18,19)20)22(10-13)16(24)9-12-3-6-14(25-2)7-4-12/h3-4,6-7,13,15H,5,8-10H2,1-2H3,(H,21,23)/t13-,15+/m0/s1. The van der Waals surface area contributed by atoms with E-state index in [0.29, 0.717) is 11.3 Å². The maximum atomic E-state index is 13.3. The number of piperidine rings is 1. The van der Waals surface area contributed by atoms with Gasteiger partial charge >= 0.3 is 6.18 Å². The summed E-state index contributed by atoms with van der Waals surface area (Å²) in [7, 11) is 1.50. The lowest BCUT2D eigenvalue weighted by atomic mass is 9.96. The number of carbonyl (C=O) groups is 2. The number of halogens is 3. The van der Waals surface area contributed by atoms with Crippen molar-refractivity contribution in [1.29, 1.82) is 0 Å². The van der Waals surface area contributed by atoms with E-state index in [9.17, 15) is 22.8 Å². The van der Waals surface area contributed by atoms with Gasteiger partial charge in [-0.1, -0.05) is 12.1 Å². The zero-order valence-electron chi connectivity index (χ0n) is 14.1. The van der Waals surface area contributed by atoms with Crippen molar-refractivity contribution in [3.63, 3.8) is 0 Å². The molecule has 1 aliphatic rings. The molecule has 8 heteroatoms. The molecule has 1 aromatic rings. The van der Waals surface area contributed by atoms with E-state index in [-0.39, 0.29) is 31.7 Å². The Morgan fingerprint density at radius 1 is 1.24 bits per heavy atom. The van der Waals surface area contributed by atoms with Gasteiger partial charge in [-0.3, -0.25) is 9.59 Å². The minimum Gasteiger partial charge on any atom is -0.497 e. The van der Waals surface area contributed by atoms with Crippen LogP contribution in [0.4, 0.5) is 13.2 Å². The quantitative estimate of drug-likeness (QED) is 0.899. The summed E-state index contributed by atoms with van der Waals surface area (Å²) in [5.74, 6) is -0.325. The highest BCUT2D eigenvalue weighted by atomic mass is 19.4. The normalized spacial score (nSPS) is 20.9. The molecule has 0 radical (unpaired) electrons. The summed E-state index contributed by atoms with van der Waals surface area (Å²) in [5, 5.41) is 2.60. The van der Waals surface area contributed by atoms with Crippen molar-refractivity contribution in [1.82, 2.24) is 10.2 Å². The number of nitrogens with zero attached hydrogens (tertiary/aromatic N) is 1. The van der Waals surface area contributed by atoms with Gasteiger partial charge in [0.05, 0.1) is 13.5 Å². The van der Waals surface area contributed by atoms with Gasteiger partial charge in [0.2, 0.25) is 11.8 Å². The first kappa shape index (κ1) is 19.1. The molecule has 25 heavy (non-hydrogen) atoms. The summed E-state index contributed by atoms with van der Waals surface area (Å²) in [6, 6.07) is 4.32. The van der Waals surface area contributed by atoms with E-state index in [1.807, 2.05) is 0 Å². The Balaban J connectivity index is 2.13. The predicted molar refractivity (Wildman–Crippen MR) is 85.1 cm³/mol. The first-order chi connectivity index (χ1) is 11.7. The Morgan fingerprint density at radius 2 is 1.88 bits per heavy atom. The molecule has 2 atom stereocenters. The van der Waals surface area contributed by atoms with Crippen molar-refractivity contribution in [3.05, 3.63) is 29.8 Å². The van der Waals surface area contributed by atoms with E-state index in [2.05, 4.69) is 5.32 Å². The highest BCUT2D eigenvalue weighted by Gasteiger charge is 2.47. The minimum atomic E-state index is -4.49. The van der Waals surface area contributed by atoms with E-state index in [0.717, 1.165) is 4.90 Å². The number of hydrogen-bond donors (Lipinski definition) is 1. The summed E-state index contributed by atoms with van der Waals surface area (Å²) in [6.45, 7) is 1.16. The van der Waals surface area contributed by atoms with Gasteiger partial charge < -0.3 is 15.0 Å². The van der Waals surface area contributed by atoms with Crippen molar-refractivity contribution >= 4 is 11.8 Å². The molecule has 1 saturated heterocycles. The number of amides is 2. The average Bonchev–Trinajstić information content (AvgIpc) is 2.54. The lowest BCUT2D eigenvalue weighted by molar-refractivity contribution is -0.197. The fourth-order valence-electron chi connectivity index (χ4n) is 3.01. The van der Waals surface area contributed by atoms with Gasteiger partial charge in [0.1, 0.15) is 11.8 Å². The van der Waals surface area contributed by atoms with Gasteiger partial charge in [-0.05, 0) is 30.5 Å². The maximum Gasteiger partial charge on any atom is 0.408 e. The van der Waals surface area contributed by atoms with Gasteiger partial charge in [0.25, 0.3) is 0 Å². The highest BCUT2D eigenvalue weighted by molar-refractivity contribution is 5.79. The van der Waals surface area contributed by atoms with Crippen molar-refractivity contribution < 1.29 is 27.5 Å². The maximum absolute atomic E-state index is 13.3. The molecule has 2 rings (SSSR count). The second kappa shape index (κ2) is 7.76. The predicted octanol–water partition coefficient (Wildman–Crippen LogP) is 2.30. The molecule has 1 aliphatic heterocycles. The van der Waals surface area contributed by atoms with Crippen LogP contribution in [0, 0.1) is 0 Å². The number of nitrogens with one attached hydrogen (secondary N) is 1. The number of alkyl halides is 3. The SMILES string of the molecule is COc1ccc(CC(=O)N2C[C@@H](NC(C)=O)CC[C@@H]2C(F)(F)F)cc1. The van der Waals surface area contributed by atoms with Crippen LogP contribution in [0.25, 0.3) is 0 Å². The van der Waals surface area contributed by atoms with Crippen molar-refractivity contribution in [2.24, 2.45) is 0 Å². The van der Waals surface area contributed by atoms with E-state index in [1.54, 1.807) is 24.3 Å². The zero-order chi connectivity index (χ0) is 18.6. The van der Waals surface area contributed by atoms with Crippen LogP contribution >= 0.6 is 0 Å². The van der Waals surface area contributed by atoms with Gasteiger partial charge in [0, 0.05) is 19.5 Å². The second-order valence-electron chi connectivity index (χ2n) is 6.10. The topological polar surface area (TPSA) is 58.6 Å². The number of methoxy groups -OCH3 is 1. The molecule has 0 aromatic heterocycles. The summed E-state index contributed by atoms with van der Waals surface area (Å²) in [5.41, 5.74) is 0.605. The third-order valence-electron chi connectivity index (χ3n) is 4.20. The lowest BCUT2D eigenvalue weighted by Gasteiger charge is -2.40. The van der Waals surface area contributed by atoms with E-state index in [4.69, 9.17) is 4.74 Å². The highest BCUT2D eigenvalue weighted by Crippen LogP contribution is 2.32. The molecule has 0 aliphatic carbocycles. The third-order valence-corrected chi connectivity index (χ3v) is 4.20. The lowest BCUT2D eigenvalue weighted by Crippen LogP contribution is -2.58. The van der Waals surface area contributed by atoms with Crippen LogP contribution in [0.5, 0.6) is 5.75 Å². The Morgan fingerprint density at radius 3 is 2.40 bits per heavy atom. The zero-order valence-corrected chi connectivity index (χ0v) is 14.1. The molecular weight excluding hydrogens is 337 g/mol. The van der Waals surface area contributed by atoms with E-state index in [1.165, 1.54) is 14.0 Å². The van der Waals surface area contributed by atoms with Gasteiger partial charge in [-0.25, -0.2) is 0 Å². The average molecular weight is 358 g/mol. The molecule has 0 spiro atoms. The molecule has 0 unspecified atom stereocenters. The molecule has 5 nitrogen and oxygen atoms in total. The summed E-state index contributed by atoms with van der Waals surface area (Å²) in [4.78, 5) is 24.5. The largest absolute Gasteiger partial charge is 0.497 e. The van der Waals surface area contributed by atoms with E-state index >= 15 is 0 Å². The van der Waals surface area contributed by atoms with Crippen LogP contribution in [0.1, 0.15) is 25.3 Å². The molecule has 0 bridgehead atoms. The van der Waals surface area contributed by atoms with Crippen molar-refractivity contribution in [2.45, 2.75) is 44.4 Å². The first-order valence-corrected chi connectivity index (χ1v) is 7.97. The monoisotopic (exact) mass is 358 g/mol. The first-order valence-electron chi connectivity index (χ1n) is 7.97. The van der Waals surface area contributed by atoms with Gasteiger partial charge in [0.15, 0.2) is 0 Å². The van der Waals surface area contributed by atoms with Crippen LogP contribution in [0.2, 0.25) is 0 Å². The van der Waals surface area contributed by atoms with Crippen molar-refractivity contribution in [2.75, 3.05) is 13.7 Å². The third kappa shape index (κ3) is 5.11. The fourth-order valence-corrected chi connectivity index (χ4v) is 3.01. The Hall–Kier alpha value is -2.25. The number of likely N-dealkylation sites (tertiary alicyclic amines) is 1. The number of ether oxygens (including phenoxy) is 1. The van der Waals surface area contributed by atoms with Crippen LogP contribution in [0.3, 0.4) is 0 Å². The Bertz CT molecular complexity index is 617. The molecule has 1 aromatic carbocycles.